The Balaban J connectivity index is 2.53. The van der Waals surface area contributed by atoms with Gasteiger partial charge in [0.2, 0.25) is 0 Å². The van der Waals surface area contributed by atoms with Crippen LogP contribution in [0, 0.1) is 6.92 Å². The molecule has 1 aromatic heterocycles. The van der Waals surface area contributed by atoms with Gasteiger partial charge >= 0.3 is 0 Å². The van der Waals surface area contributed by atoms with Crippen molar-refractivity contribution in [2.45, 2.75) is 20.3 Å². The van der Waals surface area contributed by atoms with Gasteiger partial charge in [-0.15, -0.1) is 0 Å². The van der Waals surface area contributed by atoms with Gasteiger partial charge in [0.1, 0.15) is 5.82 Å². The van der Waals surface area contributed by atoms with Crippen molar-refractivity contribution in [1.29, 1.82) is 0 Å². The maximum Gasteiger partial charge on any atom is 0.128 e. The average Bonchev–Trinajstić information content (AvgIpc) is 2.30. The molecule has 0 atom stereocenters. The SMILES string of the molecule is CCc1ncc(-c2ccccc2Br)c(C)n1. The summed E-state index contributed by atoms with van der Waals surface area (Å²) in [6.45, 7) is 4.09. The van der Waals surface area contributed by atoms with Crippen molar-refractivity contribution in [3.8, 4) is 11.1 Å². The van der Waals surface area contributed by atoms with E-state index in [-0.39, 0.29) is 0 Å². The average molecular weight is 277 g/mol. The Kier molecular flexibility index (Phi) is 3.34. The van der Waals surface area contributed by atoms with Crippen LogP contribution >= 0.6 is 15.9 Å². The van der Waals surface area contributed by atoms with Crippen molar-refractivity contribution in [1.82, 2.24) is 9.97 Å². The van der Waals surface area contributed by atoms with Crippen molar-refractivity contribution in [2.75, 3.05) is 0 Å². The lowest BCUT2D eigenvalue weighted by Gasteiger charge is -2.07. The summed E-state index contributed by atoms with van der Waals surface area (Å²) >= 11 is 3.55. The Morgan fingerprint density at radius 3 is 2.56 bits per heavy atom. The quantitative estimate of drug-likeness (QED) is 0.834. The van der Waals surface area contributed by atoms with E-state index in [2.05, 4.69) is 38.9 Å². The molecule has 0 bridgehead atoms. The van der Waals surface area contributed by atoms with Crippen LogP contribution in [0.4, 0.5) is 0 Å². The minimum absolute atomic E-state index is 0.872. The molecule has 0 aliphatic rings. The van der Waals surface area contributed by atoms with Crippen molar-refractivity contribution in [3.05, 3.63) is 46.5 Å². The zero-order valence-electron chi connectivity index (χ0n) is 9.37. The molecule has 16 heavy (non-hydrogen) atoms. The van der Waals surface area contributed by atoms with E-state index in [0.717, 1.165) is 33.5 Å². The highest BCUT2D eigenvalue weighted by atomic mass is 79.9. The highest BCUT2D eigenvalue weighted by Gasteiger charge is 2.07. The number of nitrogens with zero attached hydrogens (tertiary/aromatic N) is 2. The van der Waals surface area contributed by atoms with Gasteiger partial charge in [0, 0.05) is 28.3 Å². The molecule has 0 radical (unpaired) electrons. The summed E-state index contributed by atoms with van der Waals surface area (Å²) in [4.78, 5) is 8.82. The zero-order chi connectivity index (χ0) is 11.5. The van der Waals surface area contributed by atoms with Gasteiger partial charge < -0.3 is 0 Å². The number of halogens is 1. The van der Waals surface area contributed by atoms with E-state index >= 15 is 0 Å². The molecular weight excluding hydrogens is 264 g/mol. The number of aromatic nitrogens is 2. The molecule has 0 amide bonds. The van der Waals surface area contributed by atoms with Crippen LogP contribution in [0.15, 0.2) is 34.9 Å². The number of rotatable bonds is 2. The smallest absolute Gasteiger partial charge is 0.128 e. The summed E-state index contributed by atoms with van der Waals surface area (Å²) in [6, 6.07) is 8.13. The summed E-state index contributed by atoms with van der Waals surface area (Å²) < 4.78 is 1.07. The first kappa shape index (κ1) is 11.3. The maximum absolute atomic E-state index is 4.48. The largest absolute Gasteiger partial charge is 0.241 e. The second-order valence-electron chi connectivity index (χ2n) is 3.62. The lowest BCUT2D eigenvalue weighted by molar-refractivity contribution is 0.920. The molecule has 0 spiro atoms. The topological polar surface area (TPSA) is 25.8 Å². The summed E-state index contributed by atoms with van der Waals surface area (Å²) in [5.41, 5.74) is 3.26. The minimum atomic E-state index is 0.872. The van der Waals surface area contributed by atoms with Gasteiger partial charge in [0.05, 0.1) is 0 Å². The molecule has 0 saturated heterocycles. The molecular formula is C13H13BrN2. The van der Waals surface area contributed by atoms with Crippen molar-refractivity contribution in [2.24, 2.45) is 0 Å². The van der Waals surface area contributed by atoms with E-state index in [1.54, 1.807) is 0 Å². The van der Waals surface area contributed by atoms with Crippen LogP contribution in [-0.4, -0.2) is 9.97 Å². The molecule has 0 aliphatic carbocycles. The van der Waals surface area contributed by atoms with E-state index < -0.39 is 0 Å². The highest BCUT2D eigenvalue weighted by Crippen LogP contribution is 2.28. The van der Waals surface area contributed by atoms with Gasteiger partial charge in [-0.3, -0.25) is 0 Å². The van der Waals surface area contributed by atoms with E-state index in [1.807, 2.05) is 31.3 Å². The van der Waals surface area contributed by atoms with E-state index in [4.69, 9.17) is 0 Å². The van der Waals surface area contributed by atoms with Crippen molar-refractivity contribution < 1.29 is 0 Å². The monoisotopic (exact) mass is 276 g/mol. The standard InChI is InChI=1S/C13H13BrN2/c1-3-13-15-8-11(9(2)16-13)10-6-4-5-7-12(10)14/h4-8H,3H2,1-2H3. The summed E-state index contributed by atoms with van der Waals surface area (Å²) in [5, 5.41) is 0. The Labute approximate surface area is 104 Å². The maximum atomic E-state index is 4.48. The molecule has 2 rings (SSSR count). The molecule has 0 saturated carbocycles. The fourth-order valence-electron chi connectivity index (χ4n) is 1.63. The predicted octanol–water partition coefficient (Wildman–Crippen LogP) is 3.78. The highest BCUT2D eigenvalue weighted by molar-refractivity contribution is 9.10. The van der Waals surface area contributed by atoms with Crippen molar-refractivity contribution >= 4 is 15.9 Å². The van der Waals surface area contributed by atoms with Crippen LogP contribution in [0.1, 0.15) is 18.4 Å². The van der Waals surface area contributed by atoms with E-state index in [9.17, 15) is 0 Å². The third-order valence-corrected chi connectivity index (χ3v) is 3.20. The van der Waals surface area contributed by atoms with Crippen molar-refractivity contribution in [3.63, 3.8) is 0 Å². The van der Waals surface area contributed by atoms with Crippen LogP contribution in [0.2, 0.25) is 0 Å². The van der Waals surface area contributed by atoms with Crippen LogP contribution in [0.3, 0.4) is 0 Å². The molecule has 0 N–H and O–H groups in total. The number of hydrogen-bond acceptors (Lipinski definition) is 2. The number of hydrogen-bond donors (Lipinski definition) is 0. The third-order valence-electron chi connectivity index (χ3n) is 2.51. The Morgan fingerprint density at radius 1 is 1.19 bits per heavy atom. The normalized spacial score (nSPS) is 10.4. The van der Waals surface area contributed by atoms with Crippen LogP contribution in [0.25, 0.3) is 11.1 Å². The molecule has 3 heteroatoms. The second-order valence-corrected chi connectivity index (χ2v) is 4.47. The van der Waals surface area contributed by atoms with Gasteiger partial charge in [-0.1, -0.05) is 41.1 Å². The second kappa shape index (κ2) is 4.74. The predicted molar refractivity (Wildman–Crippen MR) is 69.3 cm³/mol. The van der Waals surface area contributed by atoms with Crippen LogP contribution in [0.5, 0.6) is 0 Å². The lowest BCUT2D eigenvalue weighted by atomic mass is 10.1. The van der Waals surface area contributed by atoms with Gasteiger partial charge in [-0.05, 0) is 18.6 Å². The summed E-state index contributed by atoms with van der Waals surface area (Å²) in [6.07, 6.45) is 2.78. The van der Waals surface area contributed by atoms with Crippen LogP contribution < -0.4 is 0 Å². The third kappa shape index (κ3) is 2.14. The molecule has 2 aromatic rings. The first-order valence-electron chi connectivity index (χ1n) is 5.29. The molecule has 1 heterocycles. The molecule has 0 fully saturated rings. The fraction of sp³-hybridized carbons (Fsp3) is 0.231. The molecule has 1 aromatic carbocycles. The van der Waals surface area contributed by atoms with E-state index in [0.29, 0.717) is 0 Å². The molecule has 82 valence electrons. The molecule has 0 unspecified atom stereocenters. The zero-order valence-corrected chi connectivity index (χ0v) is 11.0. The lowest BCUT2D eigenvalue weighted by Crippen LogP contribution is -1.97. The van der Waals surface area contributed by atoms with Gasteiger partial charge in [-0.2, -0.15) is 0 Å². The Bertz CT molecular complexity index is 509. The van der Waals surface area contributed by atoms with Gasteiger partial charge in [-0.25, -0.2) is 9.97 Å². The number of benzene rings is 1. The van der Waals surface area contributed by atoms with E-state index in [1.165, 1.54) is 0 Å². The summed E-state index contributed by atoms with van der Waals surface area (Å²) in [5.74, 6) is 0.897. The van der Waals surface area contributed by atoms with Crippen LogP contribution in [-0.2, 0) is 6.42 Å². The fourth-order valence-corrected chi connectivity index (χ4v) is 2.13. The summed E-state index contributed by atoms with van der Waals surface area (Å²) in [7, 11) is 0. The first-order valence-corrected chi connectivity index (χ1v) is 6.09. The number of aryl methyl sites for hydroxylation is 2. The van der Waals surface area contributed by atoms with Gasteiger partial charge in [0.15, 0.2) is 0 Å². The van der Waals surface area contributed by atoms with Gasteiger partial charge in [0.25, 0.3) is 0 Å². The first-order chi connectivity index (χ1) is 7.72. The minimum Gasteiger partial charge on any atom is -0.241 e. The Hall–Kier alpha value is -1.22. The Morgan fingerprint density at radius 2 is 1.94 bits per heavy atom. The molecule has 0 aliphatic heterocycles. The molecule has 2 nitrogen and oxygen atoms in total.